The van der Waals surface area contributed by atoms with Crippen LogP contribution in [0.25, 0.3) is 11.3 Å². The first-order chi connectivity index (χ1) is 9.24. The summed E-state index contributed by atoms with van der Waals surface area (Å²) in [5.74, 6) is 0. The smallest absolute Gasteiger partial charge is 0.103 e. The lowest BCUT2D eigenvalue weighted by atomic mass is 10.1. The zero-order valence-corrected chi connectivity index (χ0v) is 11.5. The van der Waals surface area contributed by atoms with Crippen LogP contribution in [0, 0.1) is 18.3 Å². The van der Waals surface area contributed by atoms with Gasteiger partial charge in [0.05, 0.1) is 16.3 Å². The predicted octanol–water partition coefficient (Wildman–Crippen LogP) is 3.72. The maximum atomic E-state index is 9.34. The summed E-state index contributed by atoms with van der Waals surface area (Å²) in [4.78, 5) is 4.19. The summed E-state index contributed by atoms with van der Waals surface area (Å²) in [6.07, 6.45) is 6.80. The third-order valence-electron chi connectivity index (χ3n) is 3.76. The average molecular weight is 272 g/mol. The van der Waals surface area contributed by atoms with E-state index in [0.717, 1.165) is 48.3 Å². The molecule has 4 heteroatoms. The molecule has 0 bridgehead atoms. The van der Waals surface area contributed by atoms with Gasteiger partial charge < -0.3 is 4.57 Å². The molecule has 3 rings (SSSR count). The van der Waals surface area contributed by atoms with Crippen molar-refractivity contribution >= 4 is 11.6 Å². The van der Waals surface area contributed by atoms with Gasteiger partial charge in [0.25, 0.3) is 0 Å². The molecule has 0 fully saturated rings. The fourth-order valence-corrected chi connectivity index (χ4v) is 3.15. The lowest BCUT2D eigenvalue weighted by molar-refractivity contribution is 0.536. The number of hydrogen-bond acceptors (Lipinski definition) is 2. The van der Waals surface area contributed by atoms with Gasteiger partial charge in [0.2, 0.25) is 0 Å². The van der Waals surface area contributed by atoms with E-state index in [9.17, 15) is 5.26 Å². The second kappa shape index (κ2) is 4.71. The molecular formula is C15H14ClN3. The van der Waals surface area contributed by atoms with E-state index < -0.39 is 0 Å². The van der Waals surface area contributed by atoms with E-state index >= 15 is 0 Å². The number of aromatic nitrogens is 2. The number of rotatable bonds is 1. The van der Waals surface area contributed by atoms with Crippen LogP contribution in [-0.2, 0) is 13.0 Å². The van der Waals surface area contributed by atoms with E-state index in [4.69, 9.17) is 11.6 Å². The molecule has 1 aliphatic rings. The Hall–Kier alpha value is -1.79. The molecule has 2 aromatic rings. The molecule has 0 aliphatic carbocycles. The number of nitrogens with zero attached hydrogens (tertiary/aromatic N) is 3. The Morgan fingerprint density at radius 1 is 1.42 bits per heavy atom. The number of fused-ring (bicyclic) bond motifs is 1. The Morgan fingerprint density at radius 2 is 2.26 bits per heavy atom. The van der Waals surface area contributed by atoms with Gasteiger partial charge in [0.1, 0.15) is 6.07 Å². The quantitative estimate of drug-likeness (QED) is 0.793. The SMILES string of the molecule is Cc1ccncc1-c1c(Cl)c(C#N)c2n1CCCC2. The molecule has 0 spiro atoms. The first kappa shape index (κ1) is 12.3. The summed E-state index contributed by atoms with van der Waals surface area (Å²) in [6.45, 7) is 2.97. The number of nitriles is 1. The highest BCUT2D eigenvalue weighted by molar-refractivity contribution is 6.34. The fraction of sp³-hybridized carbons (Fsp3) is 0.333. The van der Waals surface area contributed by atoms with E-state index in [2.05, 4.69) is 15.6 Å². The van der Waals surface area contributed by atoms with Crippen LogP contribution in [0.1, 0.15) is 29.7 Å². The summed E-state index contributed by atoms with van der Waals surface area (Å²) in [5, 5.41) is 9.92. The van der Waals surface area contributed by atoms with Crippen molar-refractivity contribution in [2.45, 2.75) is 32.7 Å². The van der Waals surface area contributed by atoms with Gasteiger partial charge in [-0.2, -0.15) is 5.26 Å². The Kier molecular flexibility index (Phi) is 3.04. The van der Waals surface area contributed by atoms with Crippen LogP contribution in [0.5, 0.6) is 0 Å². The van der Waals surface area contributed by atoms with Crippen molar-refractivity contribution in [2.75, 3.05) is 0 Å². The van der Waals surface area contributed by atoms with Crippen LogP contribution >= 0.6 is 11.6 Å². The van der Waals surface area contributed by atoms with Crippen LogP contribution < -0.4 is 0 Å². The van der Waals surface area contributed by atoms with Crippen molar-refractivity contribution in [3.63, 3.8) is 0 Å². The number of pyridine rings is 1. The van der Waals surface area contributed by atoms with E-state index in [1.54, 1.807) is 6.20 Å². The third kappa shape index (κ3) is 1.84. The van der Waals surface area contributed by atoms with Crippen molar-refractivity contribution in [2.24, 2.45) is 0 Å². The molecule has 3 heterocycles. The standard InChI is InChI=1S/C15H14ClN3/c1-10-5-6-18-9-12(10)15-14(16)11(8-17)13-4-2-3-7-19(13)15/h5-6,9H,2-4,7H2,1H3. The molecular weight excluding hydrogens is 258 g/mol. The summed E-state index contributed by atoms with van der Waals surface area (Å²) in [6, 6.07) is 4.23. The predicted molar refractivity (Wildman–Crippen MR) is 75.1 cm³/mol. The van der Waals surface area contributed by atoms with Crippen molar-refractivity contribution in [3.8, 4) is 17.3 Å². The van der Waals surface area contributed by atoms with Gasteiger partial charge in [-0.15, -0.1) is 0 Å². The van der Waals surface area contributed by atoms with Gasteiger partial charge in [-0.1, -0.05) is 11.6 Å². The Labute approximate surface area is 117 Å². The Morgan fingerprint density at radius 3 is 3.00 bits per heavy atom. The molecule has 2 aromatic heterocycles. The summed E-state index contributed by atoms with van der Waals surface area (Å²) >= 11 is 6.46. The topological polar surface area (TPSA) is 41.6 Å². The van der Waals surface area contributed by atoms with Crippen molar-refractivity contribution in [3.05, 3.63) is 40.3 Å². The normalized spacial score (nSPS) is 13.9. The average Bonchev–Trinajstić information content (AvgIpc) is 2.71. The summed E-state index contributed by atoms with van der Waals surface area (Å²) in [7, 11) is 0. The lowest BCUT2D eigenvalue weighted by Gasteiger charge is -2.18. The number of hydrogen-bond donors (Lipinski definition) is 0. The first-order valence-corrected chi connectivity index (χ1v) is 6.83. The van der Waals surface area contributed by atoms with Crippen LogP contribution in [0.2, 0.25) is 5.02 Å². The largest absolute Gasteiger partial charge is 0.342 e. The first-order valence-electron chi connectivity index (χ1n) is 6.46. The lowest BCUT2D eigenvalue weighted by Crippen LogP contribution is -2.11. The minimum atomic E-state index is 0.579. The van der Waals surface area contributed by atoms with Crippen molar-refractivity contribution < 1.29 is 0 Å². The Bertz CT molecular complexity index is 679. The van der Waals surface area contributed by atoms with Crippen LogP contribution in [0.4, 0.5) is 0 Å². The third-order valence-corrected chi connectivity index (χ3v) is 4.13. The van der Waals surface area contributed by atoms with Gasteiger partial charge >= 0.3 is 0 Å². The molecule has 0 saturated heterocycles. The maximum Gasteiger partial charge on any atom is 0.103 e. The van der Waals surface area contributed by atoms with E-state index in [0.29, 0.717) is 10.6 Å². The van der Waals surface area contributed by atoms with Crippen molar-refractivity contribution in [1.29, 1.82) is 5.26 Å². The van der Waals surface area contributed by atoms with Gasteiger partial charge in [0, 0.05) is 30.2 Å². The number of aryl methyl sites for hydroxylation is 1. The van der Waals surface area contributed by atoms with Crippen LogP contribution in [0.15, 0.2) is 18.5 Å². The molecule has 0 saturated carbocycles. The van der Waals surface area contributed by atoms with Crippen LogP contribution in [-0.4, -0.2) is 9.55 Å². The second-order valence-electron chi connectivity index (χ2n) is 4.90. The highest BCUT2D eigenvalue weighted by Crippen LogP contribution is 2.38. The molecule has 0 aromatic carbocycles. The maximum absolute atomic E-state index is 9.34. The highest BCUT2D eigenvalue weighted by atomic mass is 35.5. The van der Waals surface area contributed by atoms with Gasteiger partial charge in [-0.25, -0.2) is 0 Å². The van der Waals surface area contributed by atoms with Gasteiger partial charge in [-0.3, -0.25) is 4.98 Å². The van der Waals surface area contributed by atoms with E-state index in [1.807, 2.05) is 19.2 Å². The zero-order valence-electron chi connectivity index (χ0n) is 10.8. The minimum Gasteiger partial charge on any atom is -0.342 e. The molecule has 0 atom stereocenters. The molecule has 0 unspecified atom stereocenters. The second-order valence-corrected chi connectivity index (χ2v) is 5.27. The highest BCUT2D eigenvalue weighted by Gasteiger charge is 2.25. The molecule has 19 heavy (non-hydrogen) atoms. The fourth-order valence-electron chi connectivity index (χ4n) is 2.79. The molecule has 1 aliphatic heterocycles. The molecule has 0 N–H and O–H groups in total. The van der Waals surface area contributed by atoms with Crippen molar-refractivity contribution in [1.82, 2.24) is 9.55 Å². The molecule has 96 valence electrons. The zero-order chi connectivity index (χ0) is 13.4. The molecule has 0 amide bonds. The minimum absolute atomic E-state index is 0.579. The molecule has 3 nitrogen and oxygen atoms in total. The monoisotopic (exact) mass is 271 g/mol. The van der Waals surface area contributed by atoms with Crippen LogP contribution in [0.3, 0.4) is 0 Å². The Balaban J connectivity index is 2.31. The van der Waals surface area contributed by atoms with Gasteiger partial charge in [0.15, 0.2) is 0 Å². The summed E-state index contributed by atoms with van der Waals surface area (Å²) in [5.41, 5.74) is 4.83. The summed E-state index contributed by atoms with van der Waals surface area (Å²) < 4.78 is 2.20. The number of halogens is 1. The van der Waals surface area contributed by atoms with E-state index in [1.165, 1.54) is 0 Å². The van der Waals surface area contributed by atoms with Gasteiger partial charge in [-0.05, 0) is 37.8 Å². The van der Waals surface area contributed by atoms with E-state index in [-0.39, 0.29) is 0 Å². The molecule has 0 radical (unpaired) electrons.